The van der Waals surface area contributed by atoms with Crippen LogP contribution in [0.15, 0.2) is 51.7 Å². The Morgan fingerprint density at radius 2 is 2.06 bits per heavy atom. The van der Waals surface area contributed by atoms with E-state index in [9.17, 15) is 15.2 Å². The summed E-state index contributed by atoms with van der Waals surface area (Å²) in [7, 11) is 1.68. The largest absolute Gasteiger partial charge is 0.419 e. The summed E-state index contributed by atoms with van der Waals surface area (Å²) >= 11 is 0. The fourth-order valence-electron chi connectivity index (χ4n) is 3.77. The summed E-state index contributed by atoms with van der Waals surface area (Å²) < 4.78 is 12.3. The van der Waals surface area contributed by atoms with Gasteiger partial charge in [0.05, 0.1) is 11.6 Å². The third-order valence-electron chi connectivity index (χ3n) is 5.57. The number of fused-ring (bicyclic) bond motifs is 1. The number of hydrogen-bond donors (Lipinski definition) is 3. The molecule has 31 heavy (non-hydrogen) atoms. The van der Waals surface area contributed by atoms with E-state index in [0.717, 1.165) is 35.2 Å². The van der Waals surface area contributed by atoms with Gasteiger partial charge in [0.15, 0.2) is 5.58 Å². The predicted molar refractivity (Wildman–Crippen MR) is 116 cm³/mol. The van der Waals surface area contributed by atoms with Gasteiger partial charge in [-0.15, -0.1) is 0 Å². The molecule has 3 atom stereocenters. The molecule has 8 nitrogen and oxygen atoms in total. The van der Waals surface area contributed by atoms with E-state index in [4.69, 9.17) is 9.15 Å². The Balaban J connectivity index is 1.43. The van der Waals surface area contributed by atoms with Crippen LogP contribution in [-0.2, 0) is 18.2 Å². The SMILES string of the molecule is Cn1c(=O)oc2ccc(-c3ccc(C[C@@H](C#N)NC(O)[C@@H]4CNCCCO4)cc3)cc21. The average Bonchev–Trinajstić information content (AvgIpc) is 2.96. The van der Waals surface area contributed by atoms with Gasteiger partial charge in [0.1, 0.15) is 18.4 Å². The van der Waals surface area contributed by atoms with Crippen molar-refractivity contribution in [1.29, 1.82) is 5.26 Å². The lowest BCUT2D eigenvalue weighted by atomic mass is 10.0. The Hall–Kier alpha value is -2.96. The lowest BCUT2D eigenvalue weighted by Crippen LogP contribution is -2.49. The summed E-state index contributed by atoms with van der Waals surface area (Å²) in [6.07, 6.45) is 0.0713. The zero-order valence-electron chi connectivity index (χ0n) is 17.4. The van der Waals surface area contributed by atoms with E-state index in [1.165, 1.54) is 4.57 Å². The maximum absolute atomic E-state index is 11.7. The smallest absolute Gasteiger partial charge is 0.408 e. The van der Waals surface area contributed by atoms with Gasteiger partial charge >= 0.3 is 5.76 Å². The molecule has 0 radical (unpaired) electrons. The van der Waals surface area contributed by atoms with Gasteiger partial charge in [0.2, 0.25) is 0 Å². The number of aliphatic hydroxyl groups is 1. The number of ether oxygens (including phenoxy) is 1. The van der Waals surface area contributed by atoms with Gasteiger partial charge in [-0.3, -0.25) is 9.88 Å². The van der Waals surface area contributed by atoms with E-state index < -0.39 is 12.3 Å². The lowest BCUT2D eigenvalue weighted by molar-refractivity contribution is -0.0450. The summed E-state index contributed by atoms with van der Waals surface area (Å²) in [4.78, 5) is 11.7. The molecule has 1 fully saturated rings. The number of nitrogens with one attached hydrogen (secondary N) is 2. The molecule has 8 heteroatoms. The van der Waals surface area contributed by atoms with Crippen molar-refractivity contribution in [3.8, 4) is 17.2 Å². The number of aliphatic hydroxyl groups excluding tert-OH is 1. The number of benzene rings is 2. The van der Waals surface area contributed by atoms with Crippen LogP contribution in [0.2, 0.25) is 0 Å². The maximum Gasteiger partial charge on any atom is 0.419 e. The Labute approximate surface area is 180 Å². The Morgan fingerprint density at radius 3 is 2.84 bits per heavy atom. The molecule has 3 aromatic rings. The van der Waals surface area contributed by atoms with Crippen molar-refractivity contribution >= 4 is 11.1 Å². The molecule has 1 unspecified atom stereocenters. The summed E-state index contributed by atoms with van der Waals surface area (Å²) in [5, 5.41) is 26.2. The second-order valence-electron chi connectivity index (χ2n) is 7.77. The Bertz CT molecular complexity index is 1120. The fourth-order valence-corrected chi connectivity index (χ4v) is 3.77. The lowest BCUT2D eigenvalue weighted by Gasteiger charge is -2.24. The number of rotatable bonds is 6. The van der Waals surface area contributed by atoms with Crippen molar-refractivity contribution in [1.82, 2.24) is 15.2 Å². The number of aryl methyl sites for hydroxylation is 1. The van der Waals surface area contributed by atoms with E-state index >= 15 is 0 Å². The van der Waals surface area contributed by atoms with Gasteiger partial charge in [-0.05, 0) is 41.8 Å². The molecule has 2 aromatic carbocycles. The van der Waals surface area contributed by atoms with E-state index in [0.29, 0.717) is 25.2 Å². The minimum absolute atomic E-state index is 0.380. The van der Waals surface area contributed by atoms with Crippen LogP contribution in [0, 0.1) is 11.3 Å². The molecule has 1 aromatic heterocycles. The second kappa shape index (κ2) is 9.45. The first-order valence-electron chi connectivity index (χ1n) is 10.4. The number of aromatic nitrogens is 1. The summed E-state index contributed by atoms with van der Waals surface area (Å²) in [6.45, 7) is 2.00. The zero-order chi connectivity index (χ0) is 21.8. The van der Waals surface area contributed by atoms with Crippen LogP contribution >= 0.6 is 0 Å². The van der Waals surface area contributed by atoms with E-state index in [-0.39, 0.29) is 11.9 Å². The van der Waals surface area contributed by atoms with Crippen LogP contribution in [0.4, 0.5) is 0 Å². The van der Waals surface area contributed by atoms with E-state index in [2.05, 4.69) is 16.7 Å². The molecule has 0 spiro atoms. The highest BCUT2D eigenvalue weighted by atomic mass is 16.5. The minimum atomic E-state index is -0.914. The Kier molecular flexibility index (Phi) is 6.49. The van der Waals surface area contributed by atoms with Gasteiger partial charge < -0.3 is 19.6 Å². The van der Waals surface area contributed by atoms with E-state index in [1.807, 2.05) is 36.4 Å². The molecule has 1 saturated heterocycles. The van der Waals surface area contributed by atoms with Crippen molar-refractivity contribution in [3.63, 3.8) is 0 Å². The topological polar surface area (TPSA) is 112 Å². The minimum Gasteiger partial charge on any atom is -0.408 e. The molecule has 3 N–H and O–H groups in total. The predicted octanol–water partition coefficient (Wildman–Crippen LogP) is 1.52. The van der Waals surface area contributed by atoms with Crippen LogP contribution in [0.3, 0.4) is 0 Å². The molecular formula is C23H26N4O4. The first-order chi connectivity index (χ1) is 15.0. The molecule has 0 bridgehead atoms. The van der Waals surface area contributed by atoms with Crippen molar-refractivity contribution in [2.75, 3.05) is 19.7 Å². The molecule has 0 aliphatic carbocycles. The summed E-state index contributed by atoms with van der Waals surface area (Å²) in [6, 6.07) is 15.2. The fraction of sp³-hybridized carbons (Fsp3) is 0.391. The number of nitrogens with zero attached hydrogens (tertiary/aromatic N) is 2. The van der Waals surface area contributed by atoms with Crippen LogP contribution in [-0.4, -0.2) is 47.7 Å². The zero-order valence-corrected chi connectivity index (χ0v) is 17.4. The van der Waals surface area contributed by atoms with Crippen LogP contribution in [0.25, 0.3) is 22.2 Å². The normalized spacial score (nSPS) is 18.9. The highest BCUT2D eigenvalue weighted by molar-refractivity contribution is 5.80. The number of oxazole rings is 1. The van der Waals surface area contributed by atoms with Gasteiger partial charge in [0, 0.05) is 26.6 Å². The number of hydrogen-bond acceptors (Lipinski definition) is 7. The van der Waals surface area contributed by atoms with Gasteiger partial charge in [-0.1, -0.05) is 30.3 Å². The first kappa shape index (κ1) is 21.3. The quantitative estimate of drug-likeness (QED) is 0.516. The van der Waals surface area contributed by atoms with Crippen molar-refractivity contribution in [3.05, 3.63) is 58.6 Å². The van der Waals surface area contributed by atoms with Gasteiger partial charge in [-0.2, -0.15) is 5.26 Å². The van der Waals surface area contributed by atoms with E-state index in [1.54, 1.807) is 13.1 Å². The third-order valence-corrected chi connectivity index (χ3v) is 5.57. The maximum atomic E-state index is 11.7. The molecule has 4 rings (SSSR count). The van der Waals surface area contributed by atoms with Crippen LogP contribution in [0.1, 0.15) is 12.0 Å². The van der Waals surface area contributed by atoms with Crippen molar-refractivity contribution < 1.29 is 14.3 Å². The van der Waals surface area contributed by atoms with Gasteiger partial charge in [-0.25, -0.2) is 4.79 Å². The Morgan fingerprint density at radius 1 is 1.29 bits per heavy atom. The number of nitriles is 1. The highest BCUT2D eigenvalue weighted by Crippen LogP contribution is 2.24. The van der Waals surface area contributed by atoms with Crippen molar-refractivity contribution in [2.24, 2.45) is 7.05 Å². The molecular weight excluding hydrogens is 396 g/mol. The van der Waals surface area contributed by atoms with Crippen molar-refractivity contribution in [2.45, 2.75) is 31.2 Å². The average molecular weight is 422 g/mol. The van der Waals surface area contributed by atoms with Gasteiger partial charge in [0.25, 0.3) is 0 Å². The summed E-state index contributed by atoms with van der Waals surface area (Å²) in [5.41, 5.74) is 4.25. The highest BCUT2D eigenvalue weighted by Gasteiger charge is 2.24. The van der Waals surface area contributed by atoms with Crippen LogP contribution in [0.5, 0.6) is 0 Å². The third kappa shape index (κ3) is 4.86. The molecule has 1 aliphatic rings. The standard InChI is InChI=1S/C23H26N4O4/c1-27-19-12-17(7-8-20(19)31-23(27)29)16-5-3-15(4-6-16)11-18(13-24)26-22(28)21-14-25-9-2-10-30-21/h3-8,12,18,21-22,25-26,28H,2,9-11,14H2,1H3/t18-,21-,22?/m0/s1. The van der Waals surface area contributed by atoms with Crippen LogP contribution < -0.4 is 16.4 Å². The molecule has 1 aliphatic heterocycles. The summed E-state index contributed by atoms with van der Waals surface area (Å²) in [5.74, 6) is -0.384. The molecule has 0 amide bonds. The molecule has 2 heterocycles. The monoisotopic (exact) mass is 422 g/mol. The second-order valence-corrected chi connectivity index (χ2v) is 7.77. The molecule has 162 valence electrons. The first-order valence-corrected chi connectivity index (χ1v) is 10.4. The molecule has 0 saturated carbocycles.